The van der Waals surface area contributed by atoms with Crippen molar-refractivity contribution < 1.29 is 9.72 Å². The number of hydrogen-bond acceptors (Lipinski definition) is 6. The quantitative estimate of drug-likeness (QED) is 0.676. The van der Waals surface area contributed by atoms with Crippen LogP contribution in [0.5, 0.6) is 0 Å². The van der Waals surface area contributed by atoms with E-state index in [0.29, 0.717) is 0 Å². The van der Waals surface area contributed by atoms with Gasteiger partial charge in [-0.1, -0.05) is 11.6 Å². The van der Waals surface area contributed by atoms with Crippen molar-refractivity contribution in [2.45, 2.75) is 0 Å². The molecule has 0 bridgehead atoms. The topological polar surface area (TPSA) is 111 Å². The van der Waals surface area contributed by atoms with Crippen LogP contribution in [0.3, 0.4) is 0 Å². The number of carbonyl (C=O) groups excluding carboxylic acids is 1. The normalized spacial score (nSPS) is 9.95. The summed E-state index contributed by atoms with van der Waals surface area (Å²) in [6.45, 7) is 0. The standard InChI is InChI=1S/C10H6ClN5O3/c11-8-2-1-6(16(18)19)5-7(8)9(17)14-10-12-3-4-13-15-10/h1-5H,(H,12,14,15,17). The predicted molar refractivity (Wildman–Crippen MR) is 65.9 cm³/mol. The summed E-state index contributed by atoms with van der Waals surface area (Å²) in [6.07, 6.45) is 2.69. The molecule has 0 fully saturated rings. The molecule has 0 radical (unpaired) electrons. The summed E-state index contributed by atoms with van der Waals surface area (Å²) in [5, 5.41) is 20.2. The Bertz CT molecular complexity index is 634. The van der Waals surface area contributed by atoms with Crippen LogP contribution in [0.2, 0.25) is 5.02 Å². The molecule has 2 rings (SSSR count). The van der Waals surface area contributed by atoms with Gasteiger partial charge in [-0.25, -0.2) is 4.98 Å². The van der Waals surface area contributed by atoms with Gasteiger partial charge in [0.15, 0.2) is 0 Å². The summed E-state index contributed by atoms with van der Waals surface area (Å²) in [7, 11) is 0. The Kier molecular flexibility index (Phi) is 3.62. The zero-order valence-electron chi connectivity index (χ0n) is 9.28. The minimum Gasteiger partial charge on any atom is -0.289 e. The minimum absolute atomic E-state index is 0.0185. The summed E-state index contributed by atoms with van der Waals surface area (Å²) in [5.74, 6) is -0.670. The number of aromatic nitrogens is 3. The van der Waals surface area contributed by atoms with E-state index >= 15 is 0 Å². The first kappa shape index (κ1) is 12.8. The van der Waals surface area contributed by atoms with E-state index in [9.17, 15) is 14.9 Å². The molecule has 1 N–H and O–H groups in total. The molecular formula is C10H6ClN5O3. The van der Waals surface area contributed by atoms with Crippen molar-refractivity contribution in [2.24, 2.45) is 0 Å². The molecule has 1 aromatic heterocycles. The molecular weight excluding hydrogens is 274 g/mol. The number of nitro groups is 1. The molecule has 0 aliphatic carbocycles. The minimum atomic E-state index is -0.651. The van der Waals surface area contributed by atoms with Crippen molar-refractivity contribution in [3.63, 3.8) is 0 Å². The van der Waals surface area contributed by atoms with Gasteiger partial charge in [0.05, 0.1) is 27.9 Å². The lowest BCUT2D eigenvalue weighted by Gasteiger charge is -2.04. The van der Waals surface area contributed by atoms with Crippen molar-refractivity contribution >= 4 is 29.1 Å². The zero-order valence-corrected chi connectivity index (χ0v) is 10.0. The molecule has 8 nitrogen and oxygen atoms in total. The van der Waals surface area contributed by atoms with E-state index in [-0.39, 0.29) is 22.2 Å². The number of nitro benzene ring substituents is 1. The summed E-state index contributed by atoms with van der Waals surface area (Å²) in [5.41, 5.74) is -0.273. The first-order valence-electron chi connectivity index (χ1n) is 4.97. The van der Waals surface area contributed by atoms with E-state index in [1.807, 2.05) is 0 Å². The fourth-order valence-corrected chi connectivity index (χ4v) is 1.48. The molecule has 1 aromatic carbocycles. The number of rotatable bonds is 3. The van der Waals surface area contributed by atoms with Gasteiger partial charge in [-0.05, 0) is 6.07 Å². The molecule has 0 spiro atoms. The van der Waals surface area contributed by atoms with Crippen molar-refractivity contribution in [1.29, 1.82) is 0 Å². The van der Waals surface area contributed by atoms with Crippen molar-refractivity contribution in [1.82, 2.24) is 15.2 Å². The lowest BCUT2D eigenvalue weighted by atomic mass is 10.2. The van der Waals surface area contributed by atoms with Gasteiger partial charge >= 0.3 is 0 Å². The van der Waals surface area contributed by atoms with Crippen LogP contribution >= 0.6 is 11.6 Å². The van der Waals surface area contributed by atoms with Crippen molar-refractivity contribution in [3.8, 4) is 0 Å². The molecule has 0 unspecified atom stereocenters. The summed E-state index contributed by atoms with van der Waals surface area (Å²) >= 11 is 5.82. The molecule has 0 aliphatic rings. The predicted octanol–water partition coefficient (Wildman–Crippen LogP) is 1.69. The molecule has 9 heteroatoms. The van der Waals surface area contributed by atoms with Crippen molar-refractivity contribution in [3.05, 3.63) is 51.3 Å². The van der Waals surface area contributed by atoms with Gasteiger partial charge < -0.3 is 0 Å². The Labute approximate surface area is 111 Å². The number of nitrogens with one attached hydrogen (secondary N) is 1. The Balaban J connectivity index is 2.28. The highest BCUT2D eigenvalue weighted by molar-refractivity contribution is 6.34. The van der Waals surface area contributed by atoms with Gasteiger partial charge in [-0.3, -0.25) is 20.2 Å². The molecule has 1 amide bonds. The lowest BCUT2D eigenvalue weighted by Crippen LogP contribution is -2.15. The number of nitrogens with zero attached hydrogens (tertiary/aromatic N) is 4. The van der Waals surface area contributed by atoms with Crippen LogP contribution in [0.1, 0.15) is 10.4 Å². The molecule has 0 atom stereocenters. The summed E-state index contributed by atoms with van der Waals surface area (Å²) in [6, 6.07) is 3.56. The SMILES string of the molecule is O=C(Nc1nccnn1)c1cc([N+](=O)[O-])ccc1Cl. The lowest BCUT2D eigenvalue weighted by molar-refractivity contribution is -0.384. The Morgan fingerprint density at radius 2 is 2.16 bits per heavy atom. The maximum atomic E-state index is 11.9. The molecule has 96 valence electrons. The van der Waals surface area contributed by atoms with Gasteiger partial charge in [-0.15, -0.1) is 5.10 Å². The first-order valence-corrected chi connectivity index (χ1v) is 5.34. The third-order valence-electron chi connectivity index (χ3n) is 2.11. The smallest absolute Gasteiger partial charge is 0.270 e. The first-order chi connectivity index (χ1) is 9.08. The second-order valence-corrected chi connectivity index (χ2v) is 3.75. The van der Waals surface area contributed by atoms with Crippen LogP contribution < -0.4 is 5.32 Å². The number of non-ortho nitro benzene ring substituents is 1. The van der Waals surface area contributed by atoms with Gasteiger partial charge in [0.2, 0.25) is 5.95 Å². The molecule has 0 saturated carbocycles. The molecule has 0 aliphatic heterocycles. The fraction of sp³-hybridized carbons (Fsp3) is 0. The number of amides is 1. The van der Waals surface area contributed by atoms with Gasteiger partial charge in [0, 0.05) is 12.1 Å². The van der Waals surface area contributed by atoms with Crippen LogP contribution in [-0.4, -0.2) is 26.0 Å². The van der Waals surface area contributed by atoms with Crippen LogP contribution in [-0.2, 0) is 0 Å². The largest absolute Gasteiger partial charge is 0.289 e. The molecule has 1 heterocycles. The maximum absolute atomic E-state index is 11.9. The maximum Gasteiger partial charge on any atom is 0.270 e. The number of hydrogen-bond donors (Lipinski definition) is 1. The van der Waals surface area contributed by atoms with Gasteiger partial charge in [0.1, 0.15) is 0 Å². The van der Waals surface area contributed by atoms with Gasteiger partial charge in [0.25, 0.3) is 11.6 Å². The van der Waals surface area contributed by atoms with Crippen LogP contribution in [0.15, 0.2) is 30.6 Å². The average molecular weight is 280 g/mol. The van der Waals surface area contributed by atoms with E-state index in [4.69, 9.17) is 11.6 Å². The number of anilines is 1. The summed E-state index contributed by atoms with van der Waals surface area (Å²) in [4.78, 5) is 25.7. The molecule has 19 heavy (non-hydrogen) atoms. The van der Waals surface area contributed by atoms with E-state index in [0.717, 1.165) is 6.07 Å². The average Bonchev–Trinajstić information content (AvgIpc) is 2.40. The highest BCUT2D eigenvalue weighted by Crippen LogP contribution is 2.22. The van der Waals surface area contributed by atoms with E-state index in [2.05, 4.69) is 20.5 Å². The second-order valence-electron chi connectivity index (χ2n) is 3.34. The number of halogens is 1. The number of carbonyl (C=O) groups is 1. The Morgan fingerprint density at radius 3 is 2.79 bits per heavy atom. The van der Waals surface area contributed by atoms with Gasteiger partial charge in [-0.2, -0.15) is 5.10 Å². The third-order valence-corrected chi connectivity index (χ3v) is 2.44. The highest BCUT2D eigenvalue weighted by Gasteiger charge is 2.16. The molecule has 0 saturated heterocycles. The fourth-order valence-electron chi connectivity index (χ4n) is 1.27. The highest BCUT2D eigenvalue weighted by atomic mass is 35.5. The monoisotopic (exact) mass is 279 g/mol. The van der Waals surface area contributed by atoms with Crippen molar-refractivity contribution in [2.75, 3.05) is 5.32 Å². The zero-order chi connectivity index (χ0) is 13.8. The number of benzene rings is 1. The van der Waals surface area contributed by atoms with E-state index in [1.54, 1.807) is 0 Å². The Morgan fingerprint density at radius 1 is 1.37 bits per heavy atom. The molecule has 2 aromatic rings. The van der Waals surface area contributed by atoms with E-state index < -0.39 is 10.8 Å². The second kappa shape index (κ2) is 5.36. The van der Waals surface area contributed by atoms with Crippen LogP contribution in [0, 0.1) is 10.1 Å². The summed E-state index contributed by atoms with van der Waals surface area (Å²) < 4.78 is 0. The third kappa shape index (κ3) is 2.99. The van der Waals surface area contributed by atoms with E-state index in [1.165, 1.54) is 24.5 Å². The van der Waals surface area contributed by atoms with Crippen LogP contribution in [0.25, 0.3) is 0 Å². The Hall–Kier alpha value is -2.61. The van der Waals surface area contributed by atoms with Crippen LogP contribution in [0.4, 0.5) is 11.6 Å².